The zero-order valence-electron chi connectivity index (χ0n) is 27.9. The number of Topliss-reactive ketones (excluding diaryl/α,β-unsaturated/α-hetero) is 1. The summed E-state index contributed by atoms with van der Waals surface area (Å²) in [5.41, 5.74) is 4.10. The van der Waals surface area contributed by atoms with Gasteiger partial charge in [0.25, 0.3) is 0 Å². The van der Waals surface area contributed by atoms with Gasteiger partial charge in [-0.1, -0.05) is 75.2 Å². The third-order valence-corrected chi connectivity index (χ3v) is 12.6. The van der Waals surface area contributed by atoms with Gasteiger partial charge in [0.1, 0.15) is 11.4 Å². The first-order chi connectivity index (χ1) is 22.9. The summed E-state index contributed by atoms with van der Waals surface area (Å²) in [7, 11) is 0. The Morgan fingerprint density at radius 3 is 2.21 bits per heavy atom. The summed E-state index contributed by atoms with van der Waals surface area (Å²) in [5, 5.41) is 28.2. The zero-order valence-corrected chi connectivity index (χ0v) is 29.4. The van der Waals surface area contributed by atoms with Crippen LogP contribution in [-0.2, 0) is 4.79 Å². The fourth-order valence-corrected chi connectivity index (χ4v) is 11.1. The van der Waals surface area contributed by atoms with Crippen molar-refractivity contribution in [3.63, 3.8) is 0 Å². The number of aliphatic hydroxyl groups excluding tert-OH is 1. The molecule has 8 heteroatoms. The third-order valence-electron chi connectivity index (χ3n) is 11.9. The van der Waals surface area contributed by atoms with Crippen molar-refractivity contribution in [1.82, 2.24) is 5.32 Å². The summed E-state index contributed by atoms with van der Waals surface area (Å²) in [6, 6.07) is 11.7. The van der Waals surface area contributed by atoms with Crippen molar-refractivity contribution >= 4 is 62.8 Å². The van der Waals surface area contributed by atoms with Gasteiger partial charge in [0.15, 0.2) is 5.78 Å². The molecule has 4 N–H and O–H groups in total. The van der Waals surface area contributed by atoms with Gasteiger partial charge in [-0.15, -0.1) is 0 Å². The highest BCUT2D eigenvalue weighted by atomic mass is 35.5. The Morgan fingerprint density at radius 2 is 1.50 bits per heavy atom. The predicted molar refractivity (Wildman–Crippen MR) is 195 cm³/mol. The fraction of sp³-hybridized carbons (Fsp3) is 0.450. The quantitative estimate of drug-likeness (QED) is 0.207. The molecule has 3 aromatic rings. The highest BCUT2D eigenvalue weighted by molar-refractivity contribution is 6.37. The van der Waals surface area contributed by atoms with Crippen molar-refractivity contribution in [2.75, 3.05) is 10.6 Å². The highest BCUT2D eigenvalue weighted by Crippen LogP contribution is 2.52. The van der Waals surface area contributed by atoms with E-state index in [1.54, 1.807) is 0 Å². The molecule has 0 radical (unpaired) electrons. The van der Waals surface area contributed by atoms with E-state index in [4.69, 9.17) is 28.2 Å². The number of halogens is 2. The van der Waals surface area contributed by atoms with E-state index in [-0.39, 0.29) is 29.2 Å². The van der Waals surface area contributed by atoms with Crippen LogP contribution >= 0.6 is 23.2 Å². The second kappa shape index (κ2) is 10.6. The summed E-state index contributed by atoms with van der Waals surface area (Å²) in [5.74, 6) is 1.72. The lowest BCUT2D eigenvalue weighted by Crippen LogP contribution is -2.61. The number of aliphatic hydroxyl groups is 1. The molecule has 6 aliphatic rings. The van der Waals surface area contributed by atoms with Crippen LogP contribution in [0.5, 0.6) is 0 Å². The van der Waals surface area contributed by atoms with Crippen LogP contribution in [0.2, 0.25) is 10.0 Å². The molecule has 2 heterocycles. The van der Waals surface area contributed by atoms with Crippen molar-refractivity contribution in [2.45, 2.75) is 83.6 Å². The van der Waals surface area contributed by atoms with Gasteiger partial charge in [-0.05, 0) is 92.0 Å². The number of benzene rings is 3. The average molecular weight is 682 g/mol. The van der Waals surface area contributed by atoms with Gasteiger partial charge >= 0.3 is 0 Å². The number of carbonyl (C=O) groups is 1. The number of carbonyl (C=O) groups excluding carboxylic acids is 1. The Kier molecular flexibility index (Phi) is 6.78. The molecule has 2 saturated carbocycles. The topological polar surface area (TPSA) is 85.8 Å². The summed E-state index contributed by atoms with van der Waals surface area (Å²) in [6.07, 6.45) is 10.2. The minimum Gasteiger partial charge on any atom is -0.507 e. The monoisotopic (exact) mass is 680 g/mol. The van der Waals surface area contributed by atoms with E-state index in [0.717, 1.165) is 64.3 Å². The standard InChI is InChI=1S/C40H42Cl2N4O2/c1-19-13-20(2)16-39(15-19)43-29-11-9-27(41)23-5-7-25(35(45-39)31(23)29)33-37(47)34(38(33)48)26-8-6-24-28(42)10-12-30-32(24)36(26)46-40(44-30)17-21(3)14-22(4)18-40/h5-12,19-22,25,35,43-45,47H,13-18H2,1-4H3. The molecule has 4 aliphatic carbocycles. The Bertz CT molecular complexity index is 2120. The molecule has 3 aromatic carbocycles. The minimum atomic E-state index is -0.469. The predicted octanol–water partition coefficient (Wildman–Crippen LogP) is 8.44. The number of anilines is 2. The van der Waals surface area contributed by atoms with Crippen LogP contribution in [0, 0.1) is 29.6 Å². The molecule has 48 heavy (non-hydrogen) atoms. The smallest absolute Gasteiger partial charge is 0.197 e. The van der Waals surface area contributed by atoms with Crippen LogP contribution < -0.4 is 26.5 Å². The first-order valence-electron chi connectivity index (χ1n) is 17.6. The highest BCUT2D eigenvalue weighted by Gasteiger charge is 2.50. The van der Waals surface area contributed by atoms with Crippen molar-refractivity contribution in [1.29, 1.82) is 0 Å². The second-order valence-electron chi connectivity index (χ2n) is 16.1. The first-order valence-corrected chi connectivity index (χ1v) is 18.4. The number of rotatable bonds is 1. The SMILES string of the molecule is CC1CC(C)CC2(C1)N=c1c(=C3C(=O)C(C4C=Cc5c(Cl)ccc6c5C4NC4(CC(C)CC(C)C4)N6)=C3O)ccc3c(Cl)ccc(c13)N2. The molecule has 6 unspecified atom stereocenters. The van der Waals surface area contributed by atoms with E-state index < -0.39 is 5.66 Å². The maximum atomic E-state index is 14.5. The van der Waals surface area contributed by atoms with Gasteiger partial charge in [0.2, 0.25) is 0 Å². The number of nitrogens with one attached hydrogen (secondary N) is 3. The summed E-state index contributed by atoms with van der Waals surface area (Å²) >= 11 is 13.5. The number of hydrogen-bond acceptors (Lipinski definition) is 6. The van der Waals surface area contributed by atoms with Crippen molar-refractivity contribution < 1.29 is 9.90 Å². The maximum absolute atomic E-state index is 14.5. The maximum Gasteiger partial charge on any atom is 0.197 e. The van der Waals surface area contributed by atoms with E-state index in [2.05, 4.69) is 55.8 Å². The molecule has 6 atom stereocenters. The number of hydrogen-bond donors (Lipinski definition) is 4. The molecular formula is C40H42Cl2N4O2. The van der Waals surface area contributed by atoms with Crippen molar-refractivity contribution in [3.05, 3.63) is 85.6 Å². The molecule has 0 aromatic heterocycles. The van der Waals surface area contributed by atoms with Crippen LogP contribution in [0.15, 0.2) is 58.8 Å². The molecule has 2 fully saturated rings. The lowest BCUT2D eigenvalue weighted by atomic mass is 9.68. The molecule has 9 rings (SSSR count). The van der Waals surface area contributed by atoms with Gasteiger partial charge in [0.05, 0.1) is 22.2 Å². The molecule has 0 amide bonds. The largest absolute Gasteiger partial charge is 0.507 e. The number of nitrogens with zero attached hydrogens (tertiary/aromatic N) is 1. The van der Waals surface area contributed by atoms with Gasteiger partial charge in [0, 0.05) is 54.9 Å². The van der Waals surface area contributed by atoms with Crippen molar-refractivity contribution in [3.8, 4) is 0 Å². The number of ketones is 1. The Morgan fingerprint density at radius 1 is 0.833 bits per heavy atom. The molecule has 0 bridgehead atoms. The Labute approximate surface area is 291 Å². The average Bonchev–Trinajstić information content (AvgIpc) is 3.01. The van der Waals surface area contributed by atoms with E-state index in [9.17, 15) is 9.90 Å². The fourth-order valence-electron chi connectivity index (χ4n) is 10.6. The minimum absolute atomic E-state index is 0.0637. The molecule has 6 nitrogen and oxygen atoms in total. The first kappa shape index (κ1) is 30.7. The van der Waals surface area contributed by atoms with Crippen LogP contribution in [0.1, 0.15) is 83.4 Å². The Hall–Kier alpha value is -3.32. The molecule has 2 aliphatic heterocycles. The second-order valence-corrected chi connectivity index (χ2v) is 16.9. The number of allylic oxidation sites excluding steroid dienone is 1. The third kappa shape index (κ3) is 4.48. The van der Waals surface area contributed by atoms with Crippen molar-refractivity contribution in [2.24, 2.45) is 34.6 Å². The summed E-state index contributed by atoms with van der Waals surface area (Å²) in [6.45, 7) is 9.22. The lowest BCUT2D eigenvalue weighted by molar-refractivity contribution is -0.112. The van der Waals surface area contributed by atoms with E-state index in [1.165, 1.54) is 12.8 Å². The lowest BCUT2D eigenvalue weighted by Gasteiger charge is -2.52. The summed E-state index contributed by atoms with van der Waals surface area (Å²) < 4.78 is 0. The van der Waals surface area contributed by atoms with E-state index in [1.807, 2.05) is 36.4 Å². The van der Waals surface area contributed by atoms with E-state index >= 15 is 0 Å². The van der Waals surface area contributed by atoms with Gasteiger partial charge in [-0.25, -0.2) is 0 Å². The zero-order chi connectivity index (χ0) is 33.3. The van der Waals surface area contributed by atoms with Gasteiger partial charge < -0.3 is 15.7 Å². The van der Waals surface area contributed by atoms with Gasteiger partial charge in [-0.2, -0.15) is 0 Å². The van der Waals surface area contributed by atoms with Crippen LogP contribution in [0.4, 0.5) is 11.4 Å². The Balaban J connectivity index is 1.22. The van der Waals surface area contributed by atoms with Crippen LogP contribution in [0.3, 0.4) is 0 Å². The van der Waals surface area contributed by atoms with Crippen LogP contribution in [-0.4, -0.2) is 22.2 Å². The van der Waals surface area contributed by atoms with Crippen LogP contribution in [0.25, 0.3) is 22.4 Å². The normalized spacial score (nSPS) is 36.0. The molecule has 248 valence electrons. The van der Waals surface area contributed by atoms with Gasteiger partial charge in [-0.3, -0.25) is 15.1 Å². The summed E-state index contributed by atoms with van der Waals surface area (Å²) in [4.78, 5) is 19.9. The molecule has 2 spiro atoms. The van der Waals surface area contributed by atoms with E-state index in [0.29, 0.717) is 50.1 Å². The molecular weight excluding hydrogens is 639 g/mol. The molecule has 0 saturated heterocycles.